The number of carboxylic acid groups (broad SMARTS) is 1. The number of amides is 1. The Morgan fingerprint density at radius 1 is 1.40 bits per heavy atom. The van der Waals surface area contributed by atoms with Gasteiger partial charge in [0.1, 0.15) is 0 Å². The van der Waals surface area contributed by atoms with Crippen LogP contribution in [0.25, 0.3) is 0 Å². The van der Waals surface area contributed by atoms with Gasteiger partial charge in [-0.1, -0.05) is 13.8 Å². The first-order valence-corrected chi connectivity index (χ1v) is 7.24. The first-order valence-electron chi connectivity index (χ1n) is 7.24. The van der Waals surface area contributed by atoms with Crippen molar-refractivity contribution in [3.63, 3.8) is 0 Å². The van der Waals surface area contributed by atoms with Gasteiger partial charge in [-0.2, -0.15) is 0 Å². The Morgan fingerprint density at radius 3 is 2.70 bits per heavy atom. The fourth-order valence-corrected chi connectivity index (χ4v) is 2.34. The lowest BCUT2D eigenvalue weighted by atomic mass is 10.1. The van der Waals surface area contributed by atoms with Gasteiger partial charge in [0.05, 0.1) is 25.7 Å². The zero-order valence-electron chi connectivity index (χ0n) is 12.6. The van der Waals surface area contributed by atoms with Gasteiger partial charge in [0.25, 0.3) is 0 Å². The van der Waals surface area contributed by atoms with Crippen LogP contribution in [0.3, 0.4) is 0 Å². The van der Waals surface area contributed by atoms with Crippen LogP contribution in [0.2, 0.25) is 0 Å². The molecule has 20 heavy (non-hydrogen) atoms. The lowest BCUT2D eigenvalue weighted by Gasteiger charge is -2.38. The summed E-state index contributed by atoms with van der Waals surface area (Å²) in [5, 5.41) is 11.8. The van der Waals surface area contributed by atoms with Crippen molar-refractivity contribution in [1.82, 2.24) is 10.2 Å². The average molecular weight is 286 g/mol. The molecule has 1 saturated heterocycles. The van der Waals surface area contributed by atoms with E-state index in [4.69, 9.17) is 9.84 Å². The maximum atomic E-state index is 12.1. The van der Waals surface area contributed by atoms with E-state index in [2.05, 4.69) is 19.2 Å². The molecule has 116 valence electrons. The Labute approximate surface area is 120 Å². The second kappa shape index (κ2) is 8.21. The van der Waals surface area contributed by atoms with E-state index in [1.165, 1.54) is 0 Å². The van der Waals surface area contributed by atoms with Gasteiger partial charge in [-0.25, -0.2) is 0 Å². The minimum atomic E-state index is -0.863. The Morgan fingerprint density at radius 2 is 2.10 bits per heavy atom. The van der Waals surface area contributed by atoms with E-state index in [0.29, 0.717) is 32.2 Å². The van der Waals surface area contributed by atoms with Crippen LogP contribution >= 0.6 is 0 Å². The molecular weight excluding hydrogens is 260 g/mol. The third-order valence-corrected chi connectivity index (χ3v) is 3.58. The molecule has 1 aliphatic rings. The summed E-state index contributed by atoms with van der Waals surface area (Å²) < 4.78 is 5.32. The van der Waals surface area contributed by atoms with Crippen LogP contribution in [0, 0.1) is 5.92 Å². The summed E-state index contributed by atoms with van der Waals surface area (Å²) in [6.45, 7) is 8.22. The molecule has 0 aliphatic carbocycles. The number of ether oxygens (including phenoxy) is 1. The SMILES string of the molecule is CC(C)CCNC(=O)C(C)N1CCOCC1CC(=O)O. The Balaban J connectivity index is 2.51. The van der Waals surface area contributed by atoms with Crippen molar-refractivity contribution < 1.29 is 19.4 Å². The number of morpholine rings is 1. The molecule has 1 aliphatic heterocycles. The quantitative estimate of drug-likeness (QED) is 0.721. The number of carboxylic acids is 1. The number of rotatable bonds is 7. The standard InChI is InChI=1S/C14H26N2O4/c1-10(2)4-5-15-14(19)11(3)16-6-7-20-9-12(16)8-13(17)18/h10-12H,4-9H2,1-3H3,(H,15,19)(H,17,18). The number of carbonyl (C=O) groups excluding carboxylic acids is 1. The average Bonchev–Trinajstić information content (AvgIpc) is 2.37. The third-order valence-electron chi connectivity index (χ3n) is 3.58. The number of carbonyl (C=O) groups is 2. The molecule has 1 amide bonds. The fraction of sp³-hybridized carbons (Fsp3) is 0.857. The first-order chi connectivity index (χ1) is 9.41. The molecule has 0 aromatic carbocycles. The summed E-state index contributed by atoms with van der Waals surface area (Å²) in [6, 6.07) is -0.553. The molecule has 0 radical (unpaired) electrons. The van der Waals surface area contributed by atoms with Gasteiger partial charge in [-0.15, -0.1) is 0 Å². The monoisotopic (exact) mass is 286 g/mol. The Hall–Kier alpha value is -1.14. The second-order valence-corrected chi connectivity index (χ2v) is 5.71. The van der Waals surface area contributed by atoms with E-state index in [-0.39, 0.29) is 24.4 Å². The third kappa shape index (κ3) is 5.46. The van der Waals surface area contributed by atoms with Crippen LogP contribution in [-0.2, 0) is 14.3 Å². The maximum absolute atomic E-state index is 12.1. The zero-order valence-corrected chi connectivity index (χ0v) is 12.6. The number of nitrogens with one attached hydrogen (secondary N) is 1. The molecule has 0 saturated carbocycles. The maximum Gasteiger partial charge on any atom is 0.305 e. The number of hydrogen-bond acceptors (Lipinski definition) is 4. The zero-order chi connectivity index (χ0) is 15.1. The highest BCUT2D eigenvalue weighted by Gasteiger charge is 2.31. The van der Waals surface area contributed by atoms with Crippen LogP contribution < -0.4 is 5.32 Å². The lowest BCUT2D eigenvalue weighted by Crippen LogP contribution is -2.55. The van der Waals surface area contributed by atoms with Crippen molar-refractivity contribution in [2.24, 2.45) is 5.92 Å². The van der Waals surface area contributed by atoms with Crippen molar-refractivity contribution in [1.29, 1.82) is 0 Å². The Bertz CT molecular complexity index is 333. The lowest BCUT2D eigenvalue weighted by molar-refractivity contribution is -0.143. The molecule has 1 fully saturated rings. The van der Waals surface area contributed by atoms with Gasteiger partial charge in [-0.05, 0) is 19.3 Å². The van der Waals surface area contributed by atoms with Crippen LogP contribution in [0.1, 0.15) is 33.6 Å². The van der Waals surface area contributed by atoms with Gasteiger partial charge in [0, 0.05) is 19.1 Å². The molecule has 0 bridgehead atoms. The molecule has 6 heteroatoms. The smallest absolute Gasteiger partial charge is 0.305 e. The molecule has 0 aromatic rings. The molecule has 2 N–H and O–H groups in total. The highest BCUT2D eigenvalue weighted by atomic mass is 16.5. The minimum Gasteiger partial charge on any atom is -0.481 e. The summed E-state index contributed by atoms with van der Waals surface area (Å²) in [5.74, 6) is -0.352. The van der Waals surface area contributed by atoms with E-state index in [9.17, 15) is 9.59 Å². The number of hydrogen-bond donors (Lipinski definition) is 2. The topological polar surface area (TPSA) is 78.9 Å². The van der Waals surface area contributed by atoms with E-state index in [1.807, 2.05) is 11.8 Å². The van der Waals surface area contributed by atoms with Crippen LogP contribution in [0.5, 0.6) is 0 Å². The summed E-state index contributed by atoms with van der Waals surface area (Å²) in [7, 11) is 0. The molecule has 2 atom stereocenters. The molecule has 6 nitrogen and oxygen atoms in total. The van der Waals surface area contributed by atoms with Gasteiger partial charge < -0.3 is 15.2 Å². The summed E-state index contributed by atoms with van der Waals surface area (Å²) in [6.07, 6.45) is 0.948. The molecule has 1 heterocycles. The van der Waals surface area contributed by atoms with Gasteiger partial charge in [-0.3, -0.25) is 14.5 Å². The number of nitrogens with zero attached hydrogens (tertiary/aromatic N) is 1. The van der Waals surface area contributed by atoms with Crippen molar-refractivity contribution in [2.45, 2.75) is 45.7 Å². The van der Waals surface area contributed by atoms with Crippen LogP contribution in [-0.4, -0.2) is 60.3 Å². The largest absolute Gasteiger partial charge is 0.481 e. The van der Waals surface area contributed by atoms with E-state index < -0.39 is 5.97 Å². The normalized spacial score (nSPS) is 21.7. The summed E-state index contributed by atoms with van der Waals surface area (Å²) in [5.41, 5.74) is 0. The second-order valence-electron chi connectivity index (χ2n) is 5.71. The highest BCUT2D eigenvalue weighted by molar-refractivity contribution is 5.81. The molecule has 0 spiro atoms. The minimum absolute atomic E-state index is 0.00359. The predicted molar refractivity (Wildman–Crippen MR) is 75.5 cm³/mol. The van der Waals surface area contributed by atoms with E-state index >= 15 is 0 Å². The van der Waals surface area contributed by atoms with Gasteiger partial charge in [0.15, 0.2) is 0 Å². The van der Waals surface area contributed by atoms with Crippen molar-refractivity contribution in [2.75, 3.05) is 26.3 Å². The Kier molecular flexibility index (Phi) is 6.95. The predicted octanol–water partition coefficient (Wildman–Crippen LogP) is 0.713. The molecule has 1 rings (SSSR count). The molecule has 2 unspecified atom stereocenters. The van der Waals surface area contributed by atoms with Crippen molar-refractivity contribution in [3.05, 3.63) is 0 Å². The van der Waals surface area contributed by atoms with E-state index in [1.54, 1.807) is 0 Å². The summed E-state index contributed by atoms with van der Waals surface area (Å²) in [4.78, 5) is 24.9. The van der Waals surface area contributed by atoms with E-state index in [0.717, 1.165) is 6.42 Å². The molecular formula is C14H26N2O4. The molecule has 0 aromatic heterocycles. The van der Waals surface area contributed by atoms with Gasteiger partial charge >= 0.3 is 5.97 Å². The van der Waals surface area contributed by atoms with Crippen LogP contribution in [0.15, 0.2) is 0 Å². The number of aliphatic carboxylic acids is 1. The first kappa shape index (κ1) is 16.9. The van der Waals surface area contributed by atoms with Crippen molar-refractivity contribution in [3.8, 4) is 0 Å². The van der Waals surface area contributed by atoms with Crippen molar-refractivity contribution >= 4 is 11.9 Å². The summed E-state index contributed by atoms with van der Waals surface area (Å²) >= 11 is 0. The fourth-order valence-electron chi connectivity index (χ4n) is 2.34. The van der Waals surface area contributed by atoms with Crippen LogP contribution in [0.4, 0.5) is 0 Å². The van der Waals surface area contributed by atoms with Gasteiger partial charge in [0.2, 0.25) is 5.91 Å². The highest BCUT2D eigenvalue weighted by Crippen LogP contribution is 2.14.